The Morgan fingerprint density at radius 1 is 0.909 bits per heavy atom. The standard InChI is InChI=1S/C26H30N2O4S/c1-5-28(22-9-7-6-8-10-22)33(30,31)24-17-13-21(14-18-24)27-25(29)19-32-23-15-11-20(12-16-23)26(2,3)4/h6-18H,5,19H2,1-4H3,(H,27,29). The predicted octanol–water partition coefficient (Wildman–Crippen LogP) is 5.22. The number of nitrogens with zero attached hydrogens (tertiary/aromatic N) is 1. The summed E-state index contributed by atoms with van der Waals surface area (Å²) >= 11 is 0. The Morgan fingerprint density at radius 2 is 1.52 bits per heavy atom. The first-order valence-corrected chi connectivity index (χ1v) is 12.3. The second kappa shape index (κ2) is 10.1. The molecule has 0 aromatic heterocycles. The minimum Gasteiger partial charge on any atom is -0.484 e. The van der Waals surface area contributed by atoms with E-state index < -0.39 is 10.0 Å². The Bertz CT molecular complexity index is 1170. The SMILES string of the molecule is CCN(c1ccccc1)S(=O)(=O)c1ccc(NC(=O)COc2ccc(C(C)(C)C)cc2)cc1. The average Bonchev–Trinajstić information content (AvgIpc) is 2.79. The Kier molecular flexibility index (Phi) is 7.43. The van der Waals surface area contributed by atoms with E-state index in [0.29, 0.717) is 23.7 Å². The number of sulfonamides is 1. The Morgan fingerprint density at radius 3 is 2.06 bits per heavy atom. The summed E-state index contributed by atoms with van der Waals surface area (Å²) in [5.74, 6) is 0.283. The molecule has 0 heterocycles. The number of hydrogen-bond acceptors (Lipinski definition) is 4. The van der Waals surface area contributed by atoms with Gasteiger partial charge in [0.15, 0.2) is 6.61 Å². The van der Waals surface area contributed by atoms with E-state index in [-0.39, 0.29) is 22.8 Å². The van der Waals surface area contributed by atoms with Crippen LogP contribution in [0.3, 0.4) is 0 Å². The third-order valence-electron chi connectivity index (χ3n) is 5.15. The van der Waals surface area contributed by atoms with Gasteiger partial charge in [-0.05, 0) is 66.4 Å². The first-order valence-electron chi connectivity index (χ1n) is 10.8. The summed E-state index contributed by atoms with van der Waals surface area (Å²) in [5, 5.41) is 2.73. The fraction of sp³-hybridized carbons (Fsp3) is 0.269. The molecule has 0 aliphatic carbocycles. The first kappa shape index (κ1) is 24.3. The summed E-state index contributed by atoms with van der Waals surface area (Å²) in [6, 6.07) is 22.7. The molecule has 174 valence electrons. The van der Waals surface area contributed by atoms with Gasteiger partial charge >= 0.3 is 0 Å². The summed E-state index contributed by atoms with van der Waals surface area (Å²) in [5.41, 5.74) is 2.33. The zero-order valence-corrected chi connectivity index (χ0v) is 20.2. The summed E-state index contributed by atoms with van der Waals surface area (Å²) in [4.78, 5) is 12.4. The third-order valence-corrected chi connectivity index (χ3v) is 7.06. The molecule has 1 N–H and O–H groups in total. The van der Waals surface area contributed by atoms with Crippen molar-refractivity contribution >= 4 is 27.3 Å². The molecule has 0 saturated carbocycles. The van der Waals surface area contributed by atoms with Gasteiger partial charge in [0.1, 0.15) is 5.75 Å². The van der Waals surface area contributed by atoms with E-state index in [1.165, 1.54) is 22.0 Å². The Labute approximate surface area is 196 Å². The van der Waals surface area contributed by atoms with Crippen LogP contribution in [0, 0.1) is 0 Å². The van der Waals surface area contributed by atoms with E-state index in [9.17, 15) is 13.2 Å². The summed E-state index contributed by atoms with van der Waals surface area (Å²) in [6.45, 7) is 8.35. The highest BCUT2D eigenvalue weighted by Gasteiger charge is 2.23. The number of para-hydroxylation sites is 1. The van der Waals surface area contributed by atoms with Gasteiger partial charge in [-0.25, -0.2) is 8.42 Å². The van der Waals surface area contributed by atoms with Gasteiger partial charge in [0, 0.05) is 12.2 Å². The lowest BCUT2D eigenvalue weighted by Gasteiger charge is -2.23. The molecule has 0 radical (unpaired) electrons. The number of rotatable bonds is 8. The van der Waals surface area contributed by atoms with Crippen LogP contribution in [0.25, 0.3) is 0 Å². The van der Waals surface area contributed by atoms with Crippen molar-refractivity contribution in [1.29, 1.82) is 0 Å². The molecule has 3 aromatic rings. The highest BCUT2D eigenvalue weighted by Crippen LogP contribution is 2.25. The van der Waals surface area contributed by atoms with E-state index in [2.05, 4.69) is 26.1 Å². The molecular weight excluding hydrogens is 436 g/mol. The van der Waals surface area contributed by atoms with Crippen LogP contribution in [-0.4, -0.2) is 27.5 Å². The molecule has 1 amide bonds. The van der Waals surface area contributed by atoms with Gasteiger partial charge in [-0.2, -0.15) is 0 Å². The van der Waals surface area contributed by atoms with Crippen LogP contribution in [0.1, 0.15) is 33.3 Å². The maximum Gasteiger partial charge on any atom is 0.264 e. The van der Waals surface area contributed by atoms with Crippen molar-refractivity contribution in [3.8, 4) is 5.75 Å². The van der Waals surface area contributed by atoms with Crippen molar-refractivity contribution in [1.82, 2.24) is 0 Å². The molecule has 3 rings (SSSR count). The number of nitrogens with one attached hydrogen (secondary N) is 1. The third kappa shape index (κ3) is 6.14. The molecule has 0 aliphatic heterocycles. The Hall–Kier alpha value is -3.32. The fourth-order valence-electron chi connectivity index (χ4n) is 3.32. The van der Waals surface area contributed by atoms with Crippen molar-refractivity contribution in [2.45, 2.75) is 38.0 Å². The zero-order valence-electron chi connectivity index (χ0n) is 19.4. The smallest absolute Gasteiger partial charge is 0.264 e. The molecule has 0 spiro atoms. The van der Waals surface area contributed by atoms with Crippen molar-refractivity contribution in [3.63, 3.8) is 0 Å². The van der Waals surface area contributed by atoms with E-state index in [4.69, 9.17) is 4.74 Å². The van der Waals surface area contributed by atoms with Gasteiger partial charge in [0.2, 0.25) is 0 Å². The number of ether oxygens (including phenoxy) is 1. The number of amides is 1. The van der Waals surface area contributed by atoms with Gasteiger partial charge in [-0.1, -0.05) is 51.1 Å². The highest BCUT2D eigenvalue weighted by molar-refractivity contribution is 7.92. The maximum atomic E-state index is 13.1. The van der Waals surface area contributed by atoms with Crippen LogP contribution in [0.15, 0.2) is 83.8 Å². The minimum atomic E-state index is -3.71. The monoisotopic (exact) mass is 466 g/mol. The molecule has 0 saturated heterocycles. The van der Waals surface area contributed by atoms with E-state index in [0.717, 1.165) is 0 Å². The number of anilines is 2. The van der Waals surface area contributed by atoms with Crippen LogP contribution in [-0.2, 0) is 20.2 Å². The average molecular weight is 467 g/mol. The molecule has 0 bridgehead atoms. The molecule has 0 fully saturated rings. The van der Waals surface area contributed by atoms with E-state index in [1.807, 2.05) is 30.3 Å². The zero-order chi connectivity index (χ0) is 24.1. The second-order valence-electron chi connectivity index (χ2n) is 8.64. The molecule has 33 heavy (non-hydrogen) atoms. The Balaban J connectivity index is 1.61. The summed E-state index contributed by atoms with van der Waals surface area (Å²) < 4.78 is 33.0. The summed E-state index contributed by atoms with van der Waals surface area (Å²) in [6.07, 6.45) is 0. The summed E-state index contributed by atoms with van der Waals surface area (Å²) in [7, 11) is -3.71. The van der Waals surface area contributed by atoms with Gasteiger partial charge in [0.05, 0.1) is 10.6 Å². The van der Waals surface area contributed by atoms with Gasteiger partial charge in [-0.15, -0.1) is 0 Å². The van der Waals surface area contributed by atoms with Crippen molar-refractivity contribution in [3.05, 3.63) is 84.4 Å². The normalized spacial score (nSPS) is 11.6. The molecule has 0 unspecified atom stereocenters. The first-order chi connectivity index (χ1) is 15.6. The van der Waals surface area contributed by atoms with Crippen LogP contribution < -0.4 is 14.4 Å². The molecule has 6 nitrogen and oxygen atoms in total. The van der Waals surface area contributed by atoms with Crippen molar-refractivity contribution in [2.24, 2.45) is 0 Å². The van der Waals surface area contributed by atoms with Crippen LogP contribution in [0.2, 0.25) is 0 Å². The van der Waals surface area contributed by atoms with Crippen molar-refractivity contribution < 1.29 is 17.9 Å². The van der Waals surface area contributed by atoms with Gasteiger partial charge < -0.3 is 10.1 Å². The quantitative estimate of drug-likeness (QED) is 0.494. The van der Waals surface area contributed by atoms with Crippen LogP contribution in [0.4, 0.5) is 11.4 Å². The largest absolute Gasteiger partial charge is 0.484 e. The topological polar surface area (TPSA) is 75.7 Å². The molecule has 0 aliphatic rings. The fourth-order valence-corrected chi connectivity index (χ4v) is 4.79. The highest BCUT2D eigenvalue weighted by atomic mass is 32.2. The van der Waals surface area contributed by atoms with Gasteiger partial charge in [0.25, 0.3) is 15.9 Å². The van der Waals surface area contributed by atoms with Crippen LogP contribution >= 0.6 is 0 Å². The number of carbonyl (C=O) groups excluding carboxylic acids is 1. The lowest BCUT2D eigenvalue weighted by Crippen LogP contribution is -2.30. The number of benzene rings is 3. The molecule has 7 heteroatoms. The lowest BCUT2D eigenvalue weighted by atomic mass is 9.87. The maximum absolute atomic E-state index is 13.1. The lowest BCUT2D eigenvalue weighted by molar-refractivity contribution is -0.118. The van der Waals surface area contributed by atoms with Gasteiger partial charge in [-0.3, -0.25) is 9.10 Å². The minimum absolute atomic E-state index is 0.0464. The predicted molar refractivity (Wildman–Crippen MR) is 132 cm³/mol. The number of hydrogen-bond donors (Lipinski definition) is 1. The molecule has 3 aromatic carbocycles. The number of carbonyl (C=O) groups is 1. The van der Waals surface area contributed by atoms with E-state index in [1.54, 1.807) is 43.3 Å². The molecule has 0 atom stereocenters. The van der Waals surface area contributed by atoms with E-state index >= 15 is 0 Å². The van der Waals surface area contributed by atoms with Crippen LogP contribution in [0.5, 0.6) is 5.75 Å². The van der Waals surface area contributed by atoms with Crippen molar-refractivity contribution in [2.75, 3.05) is 22.8 Å². The second-order valence-corrected chi connectivity index (χ2v) is 10.5. The molecular formula is C26H30N2O4S.